The zero-order chi connectivity index (χ0) is 13.3. The number of hydrogen-bond donors (Lipinski definition) is 2. The lowest BCUT2D eigenvalue weighted by Gasteiger charge is -2.22. The summed E-state index contributed by atoms with van der Waals surface area (Å²) >= 11 is 5.74. The third-order valence-electron chi connectivity index (χ3n) is 2.57. The Kier molecular flexibility index (Phi) is 3.36. The highest BCUT2D eigenvalue weighted by atomic mass is 35.5. The van der Waals surface area contributed by atoms with Crippen LogP contribution in [0.3, 0.4) is 0 Å². The van der Waals surface area contributed by atoms with Gasteiger partial charge in [-0.3, -0.25) is 0 Å². The Morgan fingerprint density at radius 2 is 1.78 bits per heavy atom. The first kappa shape index (κ1) is 13.0. The summed E-state index contributed by atoms with van der Waals surface area (Å²) in [6.07, 6.45) is -2.18. The monoisotopic (exact) mass is 274 g/mol. The zero-order valence-corrected chi connectivity index (χ0v) is 9.89. The van der Waals surface area contributed by atoms with E-state index in [0.29, 0.717) is 10.6 Å². The summed E-state index contributed by atoms with van der Waals surface area (Å²) < 4.78 is 37.4. The van der Waals surface area contributed by atoms with Gasteiger partial charge in [0.1, 0.15) is 5.70 Å². The van der Waals surface area contributed by atoms with Gasteiger partial charge in [0.05, 0.1) is 6.04 Å². The molecule has 1 aromatic rings. The SMILES string of the molecule is N[C@H]1C=C(C(F)(F)F)NC=C1c1ccc(Cl)cc1. The maximum atomic E-state index is 12.5. The topological polar surface area (TPSA) is 38.0 Å². The van der Waals surface area contributed by atoms with Crippen molar-refractivity contribution in [3.05, 3.63) is 52.8 Å². The van der Waals surface area contributed by atoms with E-state index < -0.39 is 17.9 Å². The predicted octanol–water partition coefficient (Wildman–Crippen LogP) is 3.06. The first-order valence-electron chi connectivity index (χ1n) is 5.15. The van der Waals surface area contributed by atoms with E-state index in [4.69, 9.17) is 17.3 Å². The number of benzene rings is 1. The molecule has 2 rings (SSSR count). The molecule has 6 heteroatoms. The number of halogens is 4. The Balaban J connectivity index is 2.24. The molecule has 0 aliphatic carbocycles. The second kappa shape index (κ2) is 4.66. The maximum Gasteiger partial charge on any atom is 0.430 e. The lowest BCUT2D eigenvalue weighted by atomic mass is 9.97. The fraction of sp³-hybridized carbons (Fsp3) is 0.167. The minimum Gasteiger partial charge on any atom is -0.358 e. The van der Waals surface area contributed by atoms with Crippen LogP contribution in [0.15, 0.2) is 42.2 Å². The molecule has 1 aliphatic heterocycles. The summed E-state index contributed by atoms with van der Waals surface area (Å²) in [7, 11) is 0. The van der Waals surface area contributed by atoms with Crippen molar-refractivity contribution in [2.45, 2.75) is 12.2 Å². The molecular formula is C12H10ClF3N2. The molecule has 0 aromatic heterocycles. The molecule has 0 amide bonds. The first-order chi connectivity index (χ1) is 8.38. The van der Waals surface area contributed by atoms with E-state index in [1.54, 1.807) is 24.3 Å². The van der Waals surface area contributed by atoms with Gasteiger partial charge >= 0.3 is 6.18 Å². The van der Waals surface area contributed by atoms with E-state index in [0.717, 1.165) is 11.6 Å². The lowest BCUT2D eigenvalue weighted by molar-refractivity contribution is -0.0959. The summed E-state index contributed by atoms with van der Waals surface area (Å²) in [5.41, 5.74) is 6.19. The van der Waals surface area contributed by atoms with E-state index in [1.807, 2.05) is 0 Å². The van der Waals surface area contributed by atoms with E-state index in [1.165, 1.54) is 6.20 Å². The van der Waals surface area contributed by atoms with Crippen LogP contribution in [-0.4, -0.2) is 12.2 Å². The maximum absolute atomic E-state index is 12.5. The van der Waals surface area contributed by atoms with Crippen LogP contribution in [0.4, 0.5) is 13.2 Å². The highest BCUT2D eigenvalue weighted by molar-refractivity contribution is 6.30. The second-order valence-corrected chi connectivity index (χ2v) is 4.29. The van der Waals surface area contributed by atoms with Crippen LogP contribution < -0.4 is 11.1 Å². The van der Waals surface area contributed by atoms with Crippen LogP contribution in [0.2, 0.25) is 5.02 Å². The lowest BCUT2D eigenvalue weighted by Crippen LogP contribution is -2.32. The smallest absolute Gasteiger partial charge is 0.358 e. The standard InChI is InChI=1S/C12H10ClF3N2/c13-8-3-1-7(2-4-8)9-6-18-11(5-10(9)17)12(14,15)16/h1-6,10,18H,17H2/t10-/m0/s1. The quantitative estimate of drug-likeness (QED) is 0.826. The van der Waals surface area contributed by atoms with Gasteiger partial charge in [0, 0.05) is 11.2 Å². The highest BCUT2D eigenvalue weighted by Gasteiger charge is 2.35. The van der Waals surface area contributed by atoms with Gasteiger partial charge in [0.15, 0.2) is 0 Å². The molecule has 0 fully saturated rings. The molecule has 0 spiro atoms. The first-order valence-corrected chi connectivity index (χ1v) is 5.53. The molecule has 0 saturated carbocycles. The normalized spacial score (nSPS) is 19.9. The second-order valence-electron chi connectivity index (χ2n) is 3.85. The molecule has 1 aliphatic rings. The van der Waals surface area contributed by atoms with Crippen molar-refractivity contribution in [1.29, 1.82) is 0 Å². The molecule has 3 N–H and O–H groups in total. The van der Waals surface area contributed by atoms with Gasteiger partial charge in [-0.1, -0.05) is 23.7 Å². The van der Waals surface area contributed by atoms with Crippen molar-refractivity contribution in [2.75, 3.05) is 0 Å². The van der Waals surface area contributed by atoms with Crippen LogP contribution in [-0.2, 0) is 0 Å². The fourth-order valence-corrected chi connectivity index (χ4v) is 1.79. The number of nitrogens with one attached hydrogen (secondary N) is 1. The van der Waals surface area contributed by atoms with Crippen molar-refractivity contribution in [1.82, 2.24) is 5.32 Å². The number of allylic oxidation sites excluding steroid dienone is 1. The fourth-order valence-electron chi connectivity index (χ4n) is 1.66. The summed E-state index contributed by atoms with van der Waals surface area (Å²) in [6, 6.07) is 5.94. The molecule has 1 atom stereocenters. The largest absolute Gasteiger partial charge is 0.430 e. The van der Waals surface area contributed by atoms with Crippen LogP contribution in [0.5, 0.6) is 0 Å². The molecule has 1 aromatic carbocycles. The molecule has 0 saturated heterocycles. The van der Waals surface area contributed by atoms with Gasteiger partial charge in [0.2, 0.25) is 0 Å². The molecule has 18 heavy (non-hydrogen) atoms. The minimum atomic E-state index is -4.42. The zero-order valence-electron chi connectivity index (χ0n) is 9.13. The Morgan fingerprint density at radius 1 is 1.17 bits per heavy atom. The van der Waals surface area contributed by atoms with Gasteiger partial charge in [-0.25, -0.2) is 0 Å². The van der Waals surface area contributed by atoms with E-state index >= 15 is 0 Å². The van der Waals surface area contributed by atoms with Crippen LogP contribution in [0, 0.1) is 0 Å². The van der Waals surface area contributed by atoms with Gasteiger partial charge in [0.25, 0.3) is 0 Å². The van der Waals surface area contributed by atoms with Crippen LogP contribution in [0.25, 0.3) is 5.57 Å². The van der Waals surface area contributed by atoms with E-state index in [-0.39, 0.29) is 0 Å². The van der Waals surface area contributed by atoms with Crippen molar-refractivity contribution in [2.24, 2.45) is 5.73 Å². The van der Waals surface area contributed by atoms with Crippen LogP contribution in [0.1, 0.15) is 5.56 Å². The van der Waals surface area contributed by atoms with E-state index in [2.05, 4.69) is 5.32 Å². The van der Waals surface area contributed by atoms with Gasteiger partial charge in [-0.05, 0) is 29.3 Å². The number of alkyl halides is 3. The number of nitrogens with two attached hydrogens (primary N) is 1. The third kappa shape index (κ3) is 2.68. The molecule has 0 bridgehead atoms. The summed E-state index contributed by atoms with van der Waals surface area (Å²) in [6.45, 7) is 0. The molecular weight excluding hydrogens is 265 g/mol. The molecule has 0 radical (unpaired) electrons. The minimum absolute atomic E-state index is 0.559. The molecule has 2 nitrogen and oxygen atoms in total. The van der Waals surface area contributed by atoms with Crippen molar-refractivity contribution < 1.29 is 13.2 Å². The number of hydrogen-bond acceptors (Lipinski definition) is 2. The predicted molar refractivity (Wildman–Crippen MR) is 64.7 cm³/mol. The molecule has 1 heterocycles. The molecule has 96 valence electrons. The van der Waals surface area contributed by atoms with Gasteiger partial charge in [-0.2, -0.15) is 13.2 Å². The van der Waals surface area contributed by atoms with E-state index in [9.17, 15) is 13.2 Å². The number of dihydropyridines is 1. The summed E-state index contributed by atoms with van der Waals surface area (Å²) in [5, 5.41) is 2.77. The van der Waals surface area contributed by atoms with Crippen molar-refractivity contribution in [3.63, 3.8) is 0 Å². The number of rotatable bonds is 1. The summed E-state index contributed by atoms with van der Waals surface area (Å²) in [4.78, 5) is 0. The highest BCUT2D eigenvalue weighted by Crippen LogP contribution is 2.29. The average molecular weight is 275 g/mol. The van der Waals surface area contributed by atoms with Gasteiger partial charge in [-0.15, -0.1) is 0 Å². The average Bonchev–Trinajstić information content (AvgIpc) is 2.29. The van der Waals surface area contributed by atoms with Crippen molar-refractivity contribution >= 4 is 17.2 Å². The Hall–Kier alpha value is -1.46. The van der Waals surface area contributed by atoms with Crippen LogP contribution >= 0.6 is 11.6 Å². The molecule has 0 unspecified atom stereocenters. The van der Waals surface area contributed by atoms with Crippen molar-refractivity contribution in [3.8, 4) is 0 Å². The Morgan fingerprint density at radius 3 is 2.28 bits per heavy atom. The summed E-state index contributed by atoms with van der Waals surface area (Å²) in [5.74, 6) is 0. The third-order valence-corrected chi connectivity index (χ3v) is 2.82. The Bertz CT molecular complexity index is 503. The Labute approximate surface area is 107 Å². The van der Waals surface area contributed by atoms with Gasteiger partial charge < -0.3 is 11.1 Å².